The minimum absolute atomic E-state index is 0.0428. The first kappa shape index (κ1) is 17.6. The lowest BCUT2D eigenvalue weighted by Crippen LogP contribution is -2.42. The average Bonchev–Trinajstić information content (AvgIpc) is 3.02. The highest BCUT2D eigenvalue weighted by molar-refractivity contribution is 5.97. The Morgan fingerprint density at radius 3 is 2.84 bits per heavy atom. The summed E-state index contributed by atoms with van der Waals surface area (Å²) in [7, 11) is 1.54. The van der Waals surface area contributed by atoms with E-state index in [9.17, 15) is 9.59 Å². The van der Waals surface area contributed by atoms with Gasteiger partial charge in [-0.05, 0) is 6.07 Å². The van der Waals surface area contributed by atoms with Crippen molar-refractivity contribution in [3.05, 3.63) is 18.3 Å². The number of nitrogens with zero attached hydrogens (tertiary/aromatic N) is 3. The molecule has 0 saturated carbocycles. The van der Waals surface area contributed by atoms with Gasteiger partial charge in [0.25, 0.3) is 0 Å². The van der Waals surface area contributed by atoms with Crippen LogP contribution >= 0.6 is 0 Å². The van der Waals surface area contributed by atoms with Gasteiger partial charge in [-0.3, -0.25) is 14.5 Å². The number of carbonyl (C=O) groups excluding carboxylic acids is 2. The van der Waals surface area contributed by atoms with Crippen molar-refractivity contribution in [1.82, 2.24) is 14.8 Å². The molecule has 3 rings (SSSR count). The second-order valence-corrected chi connectivity index (χ2v) is 6.27. The average molecular weight is 348 g/mol. The predicted molar refractivity (Wildman–Crippen MR) is 91.4 cm³/mol. The van der Waals surface area contributed by atoms with Gasteiger partial charge < -0.3 is 19.7 Å². The van der Waals surface area contributed by atoms with E-state index in [-0.39, 0.29) is 24.2 Å². The van der Waals surface area contributed by atoms with Crippen LogP contribution in [0.3, 0.4) is 0 Å². The molecule has 2 aliphatic heterocycles. The Hall–Kier alpha value is -2.19. The predicted octanol–water partition coefficient (Wildman–Crippen LogP) is 0.209. The molecule has 1 atom stereocenters. The minimum atomic E-state index is -0.320. The van der Waals surface area contributed by atoms with Crippen molar-refractivity contribution < 1.29 is 19.1 Å². The van der Waals surface area contributed by atoms with Crippen molar-refractivity contribution in [2.24, 2.45) is 5.92 Å². The summed E-state index contributed by atoms with van der Waals surface area (Å²) in [4.78, 5) is 32.7. The highest BCUT2D eigenvalue weighted by Crippen LogP contribution is 2.20. The number of pyridine rings is 1. The SMILES string of the molecule is COc1ccc(NC(=O)[C@@H]2CC(=O)N(CCN3CCOCC3)C2)cn1. The molecule has 8 heteroatoms. The summed E-state index contributed by atoms with van der Waals surface area (Å²) >= 11 is 0. The molecule has 8 nitrogen and oxygen atoms in total. The van der Waals surface area contributed by atoms with Crippen LogP contribution in [0.25, 0.3) is 0 Å². The molecule has 1 N–H and O–H groups in total. The Morgan fingerprint density at radius 2 is 2.16 bits per heavy atom. The van der Waals surface area contributed by atoms with E-state index in [1.807, 2.05) is 0 Å². The molecule has 0 aromatic carbocycles. The lowest BCUT2D eigenvalue weighted by Gasteiger charge is -2.28. The standard InChI is InChI=1S/C17H24N4O4/c1-24-15-3-2-14(11-18-15)19-17(23)13-10-16(22)21(12-13)5-4-20-6-8-25-9-7-20/h2-3,11,13H,4-10,12H2,1H3,(H,19,23)/t13-/m1/s1. The second kappa shape index (κ2) is 8.26. The van der Waals surface area contributed by atoms with Gasteiger partial charge in [0, 0.05) is 45.2 Å². The van der Waals surface area contributed by atoms with Gasteiger partial charge >= 0.3 is 0 Å². The van der Waals surface area contributed by atoms with Crippen molar-refractivity contribution in [2.75, 3.05) is 58.4 Å². The van der Waals surface area contributed by atoms with Crippen LogP contribution < -0.4 is 10.1 Å². The number of nitrogens with one attached hydrogen (secondary N) is 1. The molecular formula is C17H24N4O4. The molecule has 25 heavy (non-hydrogen) atoms. The molecule has 0 spiro atoms. The zero-order valence-corrected chi connectivity index (χ0v) is 14.4. The van der Waals surface area contributed by atoms with Crippen LogP contribution in [0.15, 0.2) is 18.3 Å². The van der Waals surface area contributed by atoms with Crippen LogP contribution in [0, 0.1) is 5.92 Å². The summed E-state index contributed by atoms with van der Waals surface area (Å²) in [5.74, 6) is 0.0677. The number of anilines is 1. The number of hydrogen-bond donors (Lipinski definition) is 1. The number of likely N-dealkylation sites (tertiary alicyclic amines) is 1. The van der Waals surface area contributed by atoms with Crippen molar-refractivity contribution in [3.8, 4) is 5.88 Å². The Morgan fingerprint density at radius 1 is 1.36 bits per heavy atom. The third-order valence-electron chi connectivity index (χ3n) is 4.59. The molecule has 0 unspecified atom stereocenters. The van der Waals surface area contributed by atoms with E-state index < -0.39 is 0 Å². The Bertz CT molecular complexity index is 601. The maximum atomic E-state index is 12.4. The molecule has 2 saturated heterocycles. The minimum Gasteiger partial charge on any atom is -0.481 e. The monoisotopic (exact) mass is 348 g/mol. The van der Waals surface area contributed by atoms with Crippen molar-refractivity contribution in [2.45, 2.75) is 6.42 Å². The fraction of sp³-hybridized carbons (Fsp3) is 0.588. The summed E-state index contributed by atoms with van der Waals surface area (Å²) in [5, 5.41) is 2.82. The Balaban J connectivity index is 1.47. The highest BCUT2D eigenvalue weighted by atomic mass is 16.5. The summed E-state index contributed by atoms with van der Waals surface area (Å²) in [6.07, 6.45) is 1.81. The molecular weight excluding hydrogens is 324 g/mol. The van der Waals surface area contributed by atoms with Gasteiger partial charge in [-0.2, -0.15) is 0 Å². The van der Waals surface area contributed by atoms with E-state index in [0.29, 0.717) is 24.7 Å². The van der Waals surface area contributed by atoms with E-state index in [2.05, 4.69) is 15.2 Å². The zero-order valence-electron chi connectivity index (χ0n) is 14.4. The second-order valence-electron chi connectivity index (χ2n) is 6.27. The number of hydrogen-bond acceptors (Lipinski definition) is 6. The van der Waals surface area contributed by atoms with Gasteiger partial charge in [-0.15, -0.1) is 0 Å². The quantitative estimate of drug-likeness (QED) is 0.791. The lowest BCUT2D eigenvalue weighted by molar-refractivity contribution is -0.128. The maximum absolute atomic E-state index is 12.4. The maximum Gasteiger partial charge on any atom is 0.229 e. The fourth-order valence-electron chi connectivity index (χ4n) is 3.07. The summed E-state index contributed by atoms with van der Waals surface area (Å²) in [5.41, 5.74) is 0.602. The number of morpholine rings is 1. The van der Waals surface area contributed by atoms with E-state index in [1.54, 1.807) is 23.2 Å². The van der Waals surface area contributed by atoms with Gasteiger partial charge in [-0.25, -0.2) is 4.98 Å². The molecule has 1 aromatic heterocycles. The van der Waals surface area contributed by atoms with Crippen molar-refractivity contribution in [1.29, 1.82) is 0 Å². The summed E-state index contributed by atoms with van der Waals surface area (Å²) < 4.78 is 10.3. The number of amides is 2. The van der Waals surface area contributed by atoms with Crippen LogP contribution in [-0.2, 0) is 14.3 Å². The van der Waals surface area contributed by atoms with Crippen molar-refractivity contribution in [3.63, 3.8) is 0 Å². The molecule has 2 aliphatic rings. The topological polar surface area (TPSA) is 84.0 Å². The Kier molecular flexibility index (Phi) is 5.83. The van der Waals surface area contributed by atoms with Gasteiger partial charge in [0.1, 0.15) is 0 Å². The van der Waals surface area contributed by atoms with Crippen LogP contribution in [0.2, 0.25) is 0 Å². The van der Waals surface area contributed by atoms with Gasteiger partial charge in [-0.1, -0.05) is 0 Å². The summed E-state index contributed by atoms with van der Waals surface area (Å²) in [6.45, 7) is 5.24. The first-order chi connectivity index (χ1) is 12.2. The van der Waals surface area contributed by atoms with Gasteiger partial charge in [0.2, 0.25) is 17.7 Å². The smallest absolute Gasteiger partial charge is 0.229 e. The number of aromatic nitrogens is 1. The summed E-state index contributed by atoms with van der Waals surface area (Å²) in [6, 6.07) is 3.42. The van der Waals surface area contributed by atoms with Gasteiger partial charge in [0.15, 0.2) is 0 Å². The molecule has 1 aromatic rings. The highest BCUT2D eigenvalue weighted by Gasteiger charge is 2.34. The third kappa shape index (κ3) is 4.67. The first-order valence-electron chi connectivity index (χ1n) is 8.54. The van der Waals surface area contributed by atoms with E-state index in [1.165, 1.54) is 7.11 Å². The molecule has 0 aliphatic carbocycles. The first-order valence-corrected chi connectivity index (χ1v) is 8.54. The number of carbonyl (C=O) groups is 2. The molecule has 0 radical (unpaired) electrons. The molecule has 3 heterocycles. The van der Waals surface area contributed by atoms with Crippen LogP contribution in [0.4, 0.5) is 5.69 Å². The van der Waals surface area contributed by atoms with Crippen molar-refractivity contribution >= 4 is 17.5 Å². The normalized spacial score (nSPS) is 21.4. The van der Waals surface area contributed by atoms with Crippen LogP contribution in [-0.4, -0.2) is 79.6 Å². The number of rotatable bonds is 6. The van der Waals surface area contributed by atoms with E-state index in [0.717, 1.165) is 32.8 Å². The molecule has 0 bridgehead atoms. The molecule has 2 fully saturated rings. The van der Waals surface area contributed by atoms with E-state index in [4.69, 9.17) is 9.47 Å². The van der Waals surface area contributed by atoms with Gasteiger partial charge in [0.05, 0.1) is 38.1 Å². The lowest BCUT2D eigenvalue weighted by atomic mass is 10.1. The van der Waals surface area contributed by atoms with Crippen LogP contribution in [0.5, 0.6) is 5.88 Å². The largest absolute Gasteiger partial charge is 0.481 e. The zero-order chi connectivity index (χ0) is 17.6. The van der Waals surface area contributed by atoms with E-state index >= 15 is 0 Å². The third-order valence-corrected chi connectivity index (χ3v) is 4.59. The molecule has 136 valence electrons. The number of methoxy groups -OCH3 is 1. The fourth-order valence-corrected chi connectivity index (χ4v) is 3.07. The molecule has 2 amide bonds. The Labute approximate surface area is 147 Å². The van der Waals surface area contributed by atoms with Crippen LogP contribution in [0.1, 0.15) is 6.42 Å². The number of ether oxygens (including phenoxy) is 2.